The van der Waals surface area contributed by atoms with E-state index in [-0.39, 0.29) is 17.5 Å². The van der Waals surface area contributed by atoms with Crippen LogP contribution >= 0.6 is 0 Å². The first-order valence-electron chi connectivity index (χ1n) is 36.9. The van der Waals surface area contributed by atoms with Crippen molar-refractivity contribution < 1.29 is 0 Å². The van der Waals surface area contributed by atoms with Crippen LogP contribution < -0.4 is 26.2 Å². The van der Waals surface area contributed by atoms with Crippen LogP contribution in [0.25, 0.3) is 132 Å². The van der Waals surface area contributed by atoms with Crippen LogP contribution in [0.15, 0.2) is 346 Å². The Balaban J connectivity index is 1.01. The predicted molar refractivity (Wildman–Crippen MR) is 449 cm³/mol. The standard InChI is InChI=1S/C100H75BN4/c1-99(2,3)70-58-82(64-31-11-7-12-32-64)97(83(59-70)65-33-13-8-14-34-65)104-92-62-72(102-88-47-27-23-43-77(88)78-44-24-28-48-89(78)102)51-53-86(92)101-87-54-52-73(103-90-49-29-25-45-79(90)80-46-26-30-50-91(80)103)63-93(87)105(98-84(66-35-15-9-16-36-66)60-71(100(4,5)6)61-85(98)67-37-17-10-18-38-67)95-57-69(56-94(104)96(95)101)81-55-68-39-19-20-40-74(68)75-41-21-22-42-76(75)81/h7-63H,1-6H3. The molecule has 0 aliphatic carbocycles. The molecule has 4 nitrogen and oxygen atoms in total. The number of hydrogen-bond acceptors (Lipinski definition) is 2. The Morgan fingerprint density at radius 3 is 0.914 bits per heavy atom. The average molecular weight is 1340 g/mol. The van der Waals surface area contributed by atoms with E-state index in [0.717, 1.165) is 118 Å². The van der Waals surface area contributed by atoms with E-state index in [0.29, 0.717) is 0 Å². The monoisotopic (exact) mass is 1340 g/mol. The number of fused-ring (bicyclic) bond motifs is 13. The highest BCUT2D eigenvalue weighted by atomic mass is 15.2. The molecule has 0 spiro atoms. The van der Waals surface area contributed by atoms with Crippen LogP contribution in [-0.4, -0.2) is 15.8 Å². The molecule has 2 aromatic heterocycles. The van der Waals surface area contributed by atoms with Crippen molar-refractivity contribution in [2.75, 3.05) is 9.80 Å². The maximum Gasteiger partial charge on any atom is 0.252 e. The Morgan fingerprint density at radius 1 is 0.238 bits per heavy atom. The van der Waals surface area contributed by atoms with Gasteiger partial charge in [0.2, 0.25) is 0 Å². The Bertz CT molecular complexity index is 5990. The van der Waals surface area contributed by atoms with Crippen LogP contribution in [0.2, 0.25) is 0 Å². The van der Waals surface area contributed by atoms with E-state index >= 15 is 0 Å². The van der Waals surface area contributed by atoms with Crippen LogP contribution in [0, 0.1) is 0 Å². The van der Waals surface area contributed by atoms with Crippen molar-refractivity contribution in [2.45, 2.75) is 52.4 Å². The fourth-order valence-electron chi connectivity index (χ4n) is 17.5. The molecule has 0 bridgehead atoms. The summed E-state index contributed by atoms with van der Waals surface area (Å²) in [6.45, 7) is 13.9. The zero-order chi connectivity index (χ0) is 70.4. The third-order valence-electron chi connectivity index (χ3n) is 22.5. The molecular formula is C100H75BN4. The second-order valence-electron chi connectivity index (χ2n) is 30.8. The van der Waals surface area contributed by atoms with Gasteiger partial charge < -0.3 is 18.9 Å². The molecule has 0 unspecified atom stereocenters. The fraction of sp³-hybridized carbons (Fsp3) is 0.0800. The number of nitrogens with zero attached hydrogens (tertiary/aromatic N) is 4. The van der Waals surface area contributed by atoms with Crippen LogP contribution in [0.4, 0.5) is 34.1 Å². The smallest absolute Gasteiger partial charge is 0.252 e. The Morgan fingerprint density at radius 2 is 0.552 bits per heavy atom. The molecule has 0 radical (unpaired) electrons. The van der Waals surface area contributed by atoms with E-state index in [1.54, 1.807) is 0 Å². The SMILES string of the molecule is CC(C)(C)c1cc(-c2ccccc2)c(N2c3cc(-n4c5ccccc5c5ccccc54)ccc3B3c4ccc(-n5c6ccccc6c6ccccc65)cc4N(c4c(-c5ccccc5)cc(C(C)(C)C)cc4-c4ccccc4)c4cc(-c5cc6ccccc6c6ccccc56)cc2c43)c(-c2ccccc2)c1. The highest BCUT2D eigenvalue weighted by Gasteiger charge is 2.46. The summed E-state index contributed by atoms with van der Waals surface area (Å²) < 4.78 is 5.01. The first-order chi connectivity index (χ1) is 51.4. The van der Waals surface area contributed by atoms with Crippen molar-refractivity contribution in [2.24, 2.45) is 0 Å². The van der Waals surface area contributed by atoms with E-state index in [4.69, 9.17) is 0 Å². The third-order valence-corrected chi connectivity index (χ3v) is 22.5. The molecule has 2 aliphatic heterocycles. The van der Waals surface area contributed by atoms with E-state index in [2.05, 4.69) is 406 Å². The molecular weight excluding hydrogens is 1270 g/mol. The third kappa shape index (κ3) is 9.89. The summed E-state index contributed by atoms with van der Waals surface area (Å²) in [4.78, 5) is 5.47. The molecule has 0 fully saturated rings. The highest BCUT2D eigenvalue weighted by Crippen LogP contribution is 2.56. The van der Waals surface area contributed by atoms with Gasteiger partial charge in [-0.15, -0.1) is 0 Å². The second kappa shape index (κ2) is 24.0. The largest absolute Gasteiger partial charge is 0.310 e. The first-order valence-corrected chi connectivity index (χ1v) is 36.9. The summed E-state index contributed by atoms with van der Waals surface area (Å²) in [6.07, 6.45) is 0. The molecule has 498 valence electrons. The molecule has 2 aliphatic rings. The zero-order valence-corrected chi connectivity index (χ0v) is 59.8. The van der Waals surface area contributed by atoms with Gasteiger partial charge in [-0.1, -0.05) is 296 Å². The summed E-state index contributed by atoms with van der Waals surface area (Å²) in [5.41, 5.74) is 30.8. The molecule has 18 aromatic rings. The normalized spacial score (nSPS) is 12.8. The number of aromatic nitrogens is 2. The number of anilines is 6. The van der Waals surface area contributed by atoms with E-state index in [9.17, 15) is 0 Å². The zero-order valence-electron chi connectivity index (χ0n) is 59.8. The molecule has 20 rings (SSSR count). The second-order valence-corrected chi connectivity index (χ2v) is 30.8. The van der Waals surface area contributed by atoms with Crippen LogP contribution in [0.3, 0.4) is 0 Å². The van der Waals surface area contributed by atoms with Gasteiger partial charge in [0.05, 0.1) is 33.4 Å². The number of para-hydroxylation sites is 4. The lowest BCUT2D eigenvalue weighted by atomic mass is 9.33. The summed E-state index contributed by atoms with van der Waals surface area (Å²) in [7, 11) is 0. The van der Waals surface area contributed by atoms with Gasteiger partial charge in [-0.3, -0.25) is 0 Å². The number of benzene rings is 16. The lowest BCUT2D eigenvalue weighted by Crippen LogP contribution is -2.61. The van der Waals surface area contributed by atoms with E-state index < -0.39 is 0 Å². The van der Waals surface area contributed by atoms with Crippen molar-refractivity contribution in [1.82, 2.24) is 9.13 Å². The Labute approximate surface area is 613 Å². The van der Waals surface area contributed by atoms with Gasteiger partial charge in [0.1, 0.15) is 0 Å². The minimum Gasteiger partial charge on any atom is -0.310 e. The molecule has 0 saturated carbocycles. The van der Waals surface area contributed by atoms with Gasteiger partial charge in [-0.2, -0.15) is 0 Å². The quantitative estimate of drug-likeness (QED) is 0.106. The van der Waals surface area contributed by atoms with Crippen LogP contribution in [0.1, 0.15) is 52.7 Å². The van der Waals surface area contributed by atoms with Crippen LogP contribution in [0.5, 0.6) is 0 Å². The predicted octanol–water partition coefficient (Wildman–Crippen LogP) is 25.2. The van der Waals surface area contributed by atoms with E-state index in [1.807, 2.05) is 0 Å². The molecule has 5 heteroatoms. The minimum atomic E-state index is -0.280. The van der Waals surface area contributed by atoms with E-state index in [1.165, 1.54) is 76.2 Å². The first kappa shape index (κ1) is 62.1. The number of rotatable bonds is 9. The molecule has 0 N–H and O–H groups in total. The summed E-state index contributed by atoms with van der Waals surface area (Å²) in [5.74, 6) is 0. The van der Waals surface area contributed by atoms with Crippen molar-refractivity contribution in [3.63, 3.8) is 0 Å². The summed E-state index contributed by atoms with van der Waals surface area (Å²) >= 11 is 0. The van der Waals surface area contributed by atoms with Gasteiger partial charge in [-0.05, 0) is 184 Å². The molecule has 0 saturated heterocycles. The molecule has 105 heavy (non-hydrogen) atoms. The minimum absolute atomic E-state index is 0.214. The number of hydrogen-bond donors (Lipinski definition) is 0. The van der Waals surface area contributed by atoms with Gasteiger partial charge in [0.25, 0.3) is 6.71 Å². The van der Waals surface area contributed by atoms with Crippen LogP contribution in [-0.2, 0) is 10.8 Å². The molecule has 0 amide bonds. The molecule has 0 atom stereocenters. The van der Waals surface area contributed by atoms with Gasteiger partial charge in [0, 0.05) is 77.9 Å². The maximum absolute atomic E-state index is 2.74. The van der Waals surface area contributed by atoms with Crippen molar-refractivity contribution in [3.8, 4) is 67.0 Å². The van der Waals surface area contributed by atoms with Gasteiger partial charge in [-0.25, -0.2) is 0 Å². The van der Waals surface area contributed by atoms with Crippen molar-refractivity contribution in [1.29, 1.82) is 0 Å². The maximum atomic E-state index is 2.74. The Kier molecular flexibility index (Phi) is 14.2. The van der Waals surface area contributed by atoms with Gasteiger partial charge in [0.15, 0.2) is 0 Å². The highest BCUT2D eigenvalue weighted by molar-refractivity contribution is 7.00. The lowest BCUT2D eigenvalue weighted by Gasteiger charge is -2.46. The summed E-state index contributed by atoms with van der Waals surface area (Å²) in [5, 5.41) is 9.73. The van der Waals surface area contributed by atoms with Gasteiger partial charge >= 0.3 is 0 Å². The topological polar surface area (TPSA) is 16.3 Å². The fourth-order valence-corrected chi connectivity index (χ4v) is 17.5. The average Bonchev–Trinajstić information content (AvgIpc) is 0.938. The summed E-state index contributed by atoms with van der Waals surface area (Å²) in [6, 6.07) is 131. The lowest BCUT2D eigenvalue weighted by molar-refractivity contribution is 0.590. The van der Waals surface area contributed by atoms with Crippen molar-refractivity contribution >= 4 is 122 Å². The Hall–Kier alpha value is -12.7. The molecule has 4 heterocycles. The van der Waals surface area contributed by atoms with Crippen molar-refractivity contribution in [3.05, 3.63) is 357 Å². The molecule has 16 aromatic carbocycles.